The van der Waals surface area contributed by atoms with Crippen LogP contribution in [0.2, 0.25) is 0 Å². The Balaban J connectivity index is 2.81. The third-order valence-electron chi connectivity index (χ3n) is 4.05. The molecule has 2 aromatic rings. The first-order chi connectivity index (χ1) is 14.3. The summed E-state index contributed by atoms with van der Waals surface area (Å²) in [6.45, 7) is 4.67. The summed E-state index contributed by atoms with van der Waals surface area (Å²) in [6.07, 6.45) is 0.351. The van der Waals surface area contributed by atoms with Gasteiger partial charge in [0.25, 0.3) is 0 Å². The molecule has 8 heteroatoms. The summed E-state index contributed by atoms with van der Waals surface area (Å²) >= 11 is 0. The highest BCUT2D eigenvalue weighted by Gasteiger charge is 2.28. The van der Waals surface area contributed by atoms with Crippen molar-refractivity contribution in [3.8, 4) is 23.0 Å². The first-order valence-electron chi connectivity index (χ1n) is 9.94. The highest BCUT2D eigenvalue weighted by Crippen LogP contribution is 2.51. The minimum Gasteiger partial charge on any atom is -0.486 e. The molecule has 2 aromatic carbocycles. The lowest BCUT2D eigenvalue weighted by molar-refractivity contribution is 0.164. The van der Waals surface area contributed by atoms with Crippen molar-refractivity contribution in [2.75, 3.05) is 41.4 Å². The maximum absolute atomic E-state index is 12.4. The van der Waals surface area contributed by atoms with Crippen LogP contribution >= 0.6 is 0 Å². The molecule has 0 radical (unpaired) electrons. The van der Waals surface area contributed by atoms with E-state index in [4.69, 9.17) is 18.9 Å². The minimum atomic E-state index is -0.555. The van der Waals surface area contributed by atoms with Crippen LogP contribution in [0, 0.1) is 0 Å². The number of nitrogens with zero attached hydrogens (tertiary/aromatic N) is 2. The van der Waals surface area contributed by atoms with Gasteiger partial charge in [-0.2, -0.15) is 0 Å². The molecular formula is C22H30N2O6. The molecule has 0 saturated carbocycles. The number of hydrogen-bond donors (Lipinski definition) is 0. The first-order valence-corrected chi connectivity index (χ1v) is 9.94. The van der Waals surface area contributed by atoms with E-state index >= 15 is 0 Å². The smallest absolute Gasteiger partial charge is 0.414 e. The van der Waals surface area contributed by atoms with Crippen LogP contribution in [0.1, 0.15) is 26.7 Å². The van der Waals surface area contributed by atoms with Crippen molar-refractivity contribution in [3.05, 3.63) is 24.3 Å². The largest absolute Gasteiger partial charge is 0.486 e. The van der Waals surface area contributed by atoms with E-state index in [2.05, 4.69) is 0 Å². The Hall–Kier alpha value is -3.16. The SMILES string of the molecule is CCCOc1c(OCCC)c(OC(=O)N(C)C)c2ccccc2c1OC(=O)N(C)C. The van der Waals surface area contributed by atoms with Gasteiger partial charge in [-0.1, -0.05) is 38.1 Å². The average molecular weight is 418 g/mol. The number of amides is 2. The Labute approximate surface area is 177 Å². The number of carbonyl (C=O) groups is 2. The van der Waals surface area contributed by atoms with E-state index in [1.165, 1.54) is 9.80 Å². The summed E-state index contributed by atoms with van der Waals surface area (Å²) in [6, 6.07) is 7.18. The van der Waals surface area contributed by atoms with Crippen molar-refractivity contribution in [1.82, 2.24) is 9.80 Å². The van der Waals surface area contributed by atoms with Crippen LogP contribution in [-0.2, 0) is 0 Å². The number of carbonyl (C=O) groups excluding carboxylic acids is 2. The van der Waals surface area contributed by atoms with Crippen molar-refractivity contribution < 1.29 is 28.5 Å². The Morgan fingerprint density at radius 1 is 0.700 bits per heavy atom. The zero-order valence-corrected chi connectivity index (χ0v) is 18.5. The third kappa shape index (κ3) is 5.25. The summed E-state index contributed by atoms with van der Waals surface area (Å²) < 4.78 is 23.3. The van der Waals surface area contributed by atoms with Crippen molar-refractivity contribution in [1.29, 1.82) is 0 Å². The van der Waals surface area contributed by atoms with Gasteiger partial charge in [0.2, 0.25) is 11.5 Å². The molecule has 2 amide bonds. The predicted molar refractivity (Wildman–Crippen MR) is 115 cm³/mol. The lowest BCUT2D eigenvalue weighted by Gasteiger charge is -2.23. The molecule has 0 saturated heterocycles. The van der Waals surface area contributed by atoms with Crippen molar-refractivity contribution in [2.45, 2.75) is 26.7 Å². The molecule has 0 N–H and O–H groups in total. The zero-order valence-electron chi connectivity index (χ0n) is 18.5. The van der Waals surface area contributed by atoms with Gasteiger partial charge in [0.15, 0.2) is 11.5 Å². The monoisotopic (exact) mass is 418 g/mol. The lowest BCUT2D eigenvalue weighted by atomic mass is 10.1. The van der Waals surface area contributed by atoms with Gasteiger partial charge in [-0.05, 0) is 12.8 Å². The van der Waals surface area contributed by atoms with Crippen LogP contribution in [0.25, 0.3) is 10.8 Å². The molecule has 164 valence electrons. The van der Waals surface area contributed by atoms with Crippen LogP contribution < -0.4 is 18.9 Å². The van der Waals surface area contributed by atoms with Gasteiger partial charge in [0.1, 0.15) is 0 Å². The van der Waals surface area contributed by atoms with Gasteiger partial charge in [-0.3, -0.25) is 0 Å². The number of fused-ring (bicyclic) bond motifs is 1. The number of hydrogen-bond acceptors (Lipinski definition) is 6. The molecule has 8 nitrogen and oxygen atoms in total. The molecule has 0 bridgehead atoms. The fraction of sp³-hybridized carbons (Fsp3) is 0.455. The predicted octanol–water partition coefficient (Wildman–Crippen LogP) is 4.54. The molecule has 0 aliphatic rings. The maximum Gasteiger partial charge on any atom is 0.414 e. The van der Waals surface area contributed by atoms with E-state index in [0.29, 0.717) is 24.0 Å². The Kier molecular flexibility index (Phi) is 8.15. The first kappa shape index (κ1) is 23.1. The van der Waals surface area contributed by atoms with Crippen LogP contribution in [-0.4, -0.2) is 63.4 Å². The summed E-state index contributed by atoms with van der Waals surface area (Å²) in [4.78, 5) is 27.4. The Morgan fingerprint density at radius 2 is 1.07 bits per heavy atom. The lowest BCUT2D eigenvalue weighted by Crippen LogP contribution is -2.26. The van der Waals surface area contributed by atoms with Crippen molar-refractivity contribution >= 4 is 23.0 Å². The Bertz CT molecular complexity index is 822. The molecule has 30 heavy (non-hydrogen) atoms. The van der Waals surface area contributed by atoms with Crippen LogP contribution in [0.5, 0.6) is 23.0 Å². The van der Waals surface area contributed by atoms with Gasteiger partial charge in [-0.15, -0.1) is 0 Å². The van der Waals surface area contributed by atoms with Gasteiger partial charge >= 0.3 is 12.2 Å². The number of ether oxygens (including phenoxy) is 4. The van der Waals surface area contributed by atoms with E-state index in [9.17, 15) is 9.59 Å². The second kappa shape index (κ2) is 10.6. The summed E-state index contributed by atoms with van der Waals surface area (Å²) in [7, 11) is 6.38. The van der Waals surface area contributed by atoms with Gasteiger partial charge in [0.05, 0.1) is 13.2 Å². The van der Waals surface area contributed by atoms with Crippen LogP contribution in [0.3, 0.4) is 0 Å². The molecule has 0 heterocycles. The topological polar surface area (TPSA) is 77.5 Å². The second-order valence-electron chi connectivity index (χ2n) is 7.08. The zero-order chi connectivity index (χ0) is 22.3. The number of benzene rings is 2. The second-order valence-corrected chi connectivity index (χ2v) is 7.08. The molecule has 2 rings (SSSR count). The molecule has 0 aliphatic carbocycles. The molecule has 0 atom stereocenters. The Morgan fingerprint density at radius 3 is 1.37 bits per heavy atom. The van der Waals surface area contributed by atoms with Crippen molar-refractivity contribution in [2.24, 2.45) is 0 Å². The summed E-state index contributed by atoms with van der Waals surface area (Å²) in [5.41, 5.74) is 0. The fourth-order valence-electron chi connectivity index (χ4n) is 2.56. The fourth-order valence-corrected chi connectivity index (χ4v) is 2.56. The molecule has 0 unspecified atom stereocenters. The minimum absolute atomic E-state index is 0.230. The molecule has 0 aromatic heterocycles. The molecular weight excluding hydrogens is 388 g/mol. The highest BCUT2D eigenvalue weighted by molar-refractivity contribution is 6.01. The number of rotatable bonds is 8. The van der Waals surface area contributed by atoms with E-state index in [0.717, 1.165) is 12.8 Å². The summed E-state index contributed by atoms with van der Waals surface area (Å²) in [5.74, 6) is 0.934. The quantitative estimate of drug-likeness (QED) is 0.626. The van der Waals surface area contributed by atoms with Gasteiger partial charge in [0, 0.05) is 39.0 Å². The highest BCUT2D eigenvalue weighted by atomic mass is 16.6. The average Bonchev–Trinajstić information content (AvgIpc) is 2.72. The maximum atomic E-state index is 12.4. The van der Waals surface area contributed by atoms with Gasteiger partial charge in [-0.25, -0.2) is 9.59 Å². The molecule has 0 spiro atoms. The molecule has 0 fully saturated rings. The van der Waals surface area contributed by atoms with Crippen molar-refractivity contribution in [3.63, 3.8) is 0 Å². The van der Waals surface area contributed by atoms with E-state index in [-0.39, 0.29) is 23.0 Å². The normalized spacial score (nSPS) is 10.5. The summed E-state index contributed by atoms with van der Waals surface area (Å²) in [5, 5.41) is 1.15. The van der Waals surface area contributed by atoms with Crippen LogP contribution in [0.15, 0.2) is 24.3 Å². The standard InChI is InChI=1S/C22H30N2O6/c1-7-13-27-19-17(29-21(25)23(3)4)15-11-9-10-12-16(15)18(20(19)28-14-8-2)30-22(26)24(5)6/h9-12H,7-8,13-14H2,1-6H3. The van der Waals surface area contributed by atoms with E-state index in [1.54, 1.807) is 40.3 Å². The van der Waals surface area contributed by atoms with E-state index in [1.807, 2.05) is 26.0 Å². The third-order valence-corrected chi connectivity index (χ3v) is 4.05. The van der Waals surface area contributed by atoms with Gasteiger partial charge < -0.3 is 28.7 Å². The molecule has 0 aliphatic heterocycles. The van der Waals surface area contributed by atoms with E-state index < -0.39 is 12.2 Å². The van der Waals surface area contributed by atoms with Crippen LogP contribution in [0.4, 0.5) is 9.59 Å².